The lowest BCUT2D eigenvalue weighted by atomic mass is 9.84. The zero-order valence-electron chi connectivity index (χ0n) is 19.3. The molecule has 0 unspecified atom stereocenters. The Bertz CT molecular complexity index is 1360. The summed E-state index contributed by atoms with van der Waals surface area (Å²) in [5.74, 6) is -4.05. The van der Waals surface area contributed by atoms with Crippen LogP contribution in [0.15, 0.2) is 34.3 Å². The lowest BCUT2D eigenvalue weighted by Gasteiger charge is -2.41. The zero-order valence-corrected chi connectivity index (χ0v) is 19.3. The number of carbonyl (C=O) groups excluding carboxylic acids is 2. The second-order valence-corrected chi connectivity index (χ2v) is 9.38. The van der Waals surface area contributed by atoms with E-state index in [1.54, 1.807) is 0 Å². The Labute approximate surface area is 203 Å². The molecule has 2 N–H and O–H groups in total. The molecule has 1 aromatic carbocycles. The highest BCUT2D eigenvalue weighted by Gasteiger charge is 2.54. The molecular weight excluding hydrogens is 481 g/mol. The number of hydrogen-bond acceptors (Lipinski definition) is 6. The molecular formula is C24H23F3N4O5. The van der Waals surface area contributed by atoms with Crippen LogP contribution in [0, 0.1) is 11.6 Å². The van der Waals surface area contributed by atoms with Crippen molar-refractivity contribution in [2.75, 3.05) is 13.2 Å². The van der Waals surface area contributed by atoms with Crippen LogP contribution in [0.2, 0.25) is 0 Å². The third-order valence-electron chi connectivity index (χ3n) is 7.22. The number of pyridine rings is 1. The van der Waals surface area contributed by atoms with E-state index in [0.29, 0.717) is 18.9 Å². The Kier molecular flexibility index (Phi) is 5.76. The zero-order chi connectivity index (χ0) is 25.8. The second-order valence-electron chi connectivity index (χ2n) is 9.38. The smallest absolute Gasteiger partial charge is 0.274 e. The standard InChI is InChI=1S/C24H23F3N4O5/c1-12-4-5-24(7-15(8-25)29-36-24)18-11-30(12)23(35)19-21(33)20(32)16(10-31(18)19)22(34)28-9-13-2-3-14(26)6-17(13)27/h2-3,6,10,12,18,33H,4-5,7-9,11H2,1H3,(H,28,34)/t12-,18+,24-/m0/s1. The molecule has 2 bridgehead atoms. The number of carbonyl (C=O) groups is 2. The third kappa shape index (κ3) is 3.71. The molecule has 190 valence electrons. The quantitative estimate of drug-likeness (QED) is 0.664. The number of aromatic nitrogens is 1. The van der Waals surface area contributed by atoms with Crippen molar-refractivity contribution < 1.29 is 32.7 Å². The van der Waals surface area contributed by atoms with E-state index < -0.39 is 58.5 Å². The van der Waals surface area contributed by atoms with E-state index in [-0.39, 0.29) is 42.5 Å². The number of nitrogens with one attached hydrogen (secondary N) is 1. The molecule has 1 aromatic heterocycles. The first-order chi connectivity index (χ1) is 17.1. The summed E-state index contributed by atoms with van der Waals surface area (Å²) in [6, 6.07) is 1.94. The maximum Gasteiger partial charge on any atom is 0.274 e. The number of aromatic hydroxyl groups is 1. The molecule has 2 amide bonds. The number of benzene rings is 1. The summed E-state index contributed by atoms with van der Waals surface area (Å²) in [6.07, 6.45) is 2.27. The van der Waals surface area contributed by atoms with Gasteiger partial charge >= 0.3 is 0 Å². The van der Waals surface area contributed by atoms with Gasteiger partial charge in [-0.3, -0.25) is 14.4 Å². The number of rotatable bonds is 4. The Morgan fingerprint density at radius 1 is 1.33 bits per heavy atom. The molecule has 5 rings (SSSR count). The van der Waals surface area contributed by atoms with E-state index in [9.17, 15) is 32.7 Å². The van der Waals surface area contributed by atoms with Crippen molar-refractivity contribution in [1.29, 1.82) is 0 Å². The SMILES string of the molecule is C[C@H]1CC[C@]2(CC(CF)=NO2)[C@H]2CN1C(=O)c1c(O)c(=O)c(C(=O)NCc3ccc(F)cc3F)cn12. The minimum atomic E-state index is -1.07. The number of oxime groups is 1. The van der Waals surface area contributed by atoms with Crippen LogP contribution in [-0.2, 0) is 11.4 Å². The van der Waals surface area contributed by atoms with Crippen LogP contribution in [-0.4, -0.2) is 57.0 Å². The van der Waals surface area contributed by atoms with Crippen LogP contribution in [0.25, 0.3) is 0 Å². The van der Waals surface area contributed by atoms with Gasteiger partial charge in [0.2, 0.25) is 5.43 Å². The summed E-state index contributed by atoms with van der Waals surface area (Å²) in [6.45, 7) is 0.831. The van der Waals surface area contributed by atoms with Gasteiger partial charge in [0.15, 0.2) is 17.0 Å². The van der Waals surface area contributed by atoms with E-state index in [0.717, 1.165) is 12.1 Å². The van der Waals surface area contributed by atoms with Crippen LogP contribution in [0.3, 0.4) is 0 Å². The summed E-state index contributed by atoms with van der Waals surface area (Å²) in [7, 11) is 0. The molecule has 1 fully saturated rings. The lowest BCUT2D eigenvalue weighted by Crippen LogP contribution is -2.52. The van der Waals surface area contributed by atoms with Crippen molar-refractivity contribution in [3.63, 3.8) is 0 Å². The van der Waals surface area contributed by atoms with Crippen molar-refractivity contribution in [1.82, 2.24) is 14.8 Å². The van der Waals surface area contributed by atoms with Crippen LogP contribution in [0.1, 0.15) is 58.6 Å². The van der Waals surface area contributed by atoms with E-state index >= 15 is 0 Å². The van der Waals surface area contributed by atoms with Crippen molar-refractivity contribution >= 4 is 17.5 Å². The molecule has 4 heterocycles. The van der Waals surface area contributed by atoms with Crippen LogP contribution in [0.4, 0.5) is 13.2 Å². The van der Waals surface area contributed by atoms with Gasteiger partial charge in [0, 0.05) is 43.4 Å². The number of alkyl halides is 1. The Hall–Kier alpha value is -3.83. The summed E-state index contributed by atoms with van der Waals surface area (Å²) in [5, 5.41) is 17.0. The number of amides is 2. The Morgan fingerprint density at radius 3 is 2.81 bits per heavy atom. The van der Waals surface area contributed by atoms with Crippen molar-refractivity contribution in [3.05, 3.63) is 63.1 Å². The molecule has 3 aliphatic heterocycles. The van der Waals surface area contributed by atoms with Gasteiger partial charge in [-0.15, -0.1) is 0 Å². The maximum absolute atomic E-state index is 14.0. The first-order valence-corrected chi connectivity index (χ1v) is 11.5. The molecule has 1 spiro atoms. The topological polar surface area (TPSA) is 113 Å². The fourth-order valence-corrected chi connectivity index (χ4v) is 5.19. The fourth-order valence-electron chi connectivity index (χ4n) is 5.19. The predicted molar refractivity (Wildman–Crippen MR) is 121 cm³/mol. The van der Waals surface area contributed by atoms with Gasteiger partial charge in [-0.1, -0.05) is 11.2 Å². The normalized spacial score (nSPS) is 24.7. The highest BCUT2D eigenvalue weighted by Crippen LogP contribution is 2.46. The largest absolute Gasteiger partial charge is 0.503 e. The lowest BCUT2D eigenvalue weighted by molar-refractivity contribution is -0.0655. The number of nitrogens with zero attached hydrogens (tertiary/aromatic N) is 3. The minimum Gasteiger partial charge on any atom is -0.503 e. The predicted octanol–water partition coefficient (Wildman–Crippen LogP) is 2.43. The molecule has 36 heavy (non-hydrogen) atoms. The van der Waals surface area contributed by atoms with Crippen molar-refractivity contribution in [2.24, 2.45) is 5.16 Å². The molecule has 0 saturated carbocycles. The maximum atomic E-state index is 14.0. The summed E-state index contributed by atoms with van der Waals surface area (Å²) < 4.78 is 41.9. The highest BCUT2D eigenvalue weighted by atomic mass is 19.1. The monoisotopic (exact) mass is 504 g/mol. The molecule has 3 atom stereocenters. The van der Waals surface area contributed by atoms with E-state index in [1.165, 1.54) is 15.7 Å². The molecule has 12 heteroatoms. The molecule has 0 aliphatic carbocycles. The molecule has 1 saturated heterocycles. The van der Waals surface area contributed by atoms with Gasteiger partial charge in [-0.25, -0.2) is 13.2 Å². The third-order valence-corrected chi connectivity index (χ3v) is 7.22. The average molecular weight is 504 g/mol. The van der Waals surface area contributed by atoms with Gasteiger partial charge in [0.05, 0.1) is 11.8 Å². The molecule has 2 aromatic rings. The van der Waals surface area contributed by atoms with E-state index in [2.05, 4.69) is 10.5 Å². The van der Waals surface area contributed by atoms with Crippen molar-refractivity contribution in [2.45, 2.75) is 50.4 Å². The minimum absolute atomic E-state index is 0.00943. The molecule has 0 radical (unpaired) electrons. The highest BCUT2D eigenvalue weighted by molar-refractivity contribution is 5.99. The molecule has 9 nitrogen and oxygen atoms in total. The average Bonchev–Trinajstić information content (AvgIpc) is 3.23. The number of fused-ring (bicyclic) bond motifs is 5. The van der Waals surface area contributed by atoms with E-state index in [4.69, 9.17) is 4.84 Å². The Balaban J connectivity index is 1.54. The summed E-state index contributed by atoms with van der Waals surface area (Å²) in [4.78, 5) is 46.4. The first-order valence-electron chi connectivity index (χ1n) is 11.5. The summed E-state index contributed by atoms with van der Waals surface area (Å²) >= 11 is 0. The van der Waals surface area contributed by atoms with Gasteiger partial charge < -0.3 is 24.7 Å². The van der Waals surface area contributed by atoms with E-state index in [1.807, 2.05) is 6.92 Å². The molecule has 3 aliphatic rings. The number of hydrogen-bond donors (Lipinski definition) is 2. The second kappa shape index (κ2) is 8.68. The van der Waals surface area contributed by atoms with Gasteiger partial charge in [0.25, 0.3) is 11.8 Å². The first kappa shape index (κ1) is 23.9. The van der Waals surface area contributed by atoms with Gasteiger partial charge in [0.1, 0.15) is 23.9 Å². The van der Waals surface area contributed by atoms with Crippen LogP contribution < -0.4 is 10.7 Å². The fraction of sp³-hybridized carbons (Fsp3) is 0.417. The van der Waals surface area contributed by atoms with Crippen LogP contribution >= 0.6 is 0 Å². The van der Waals surface area contributed by atoms with Gasteiger partial charge in [-0.2, -0.15) is 0 Å². The van der Waals surface area contributed by atoms with Crippen LogP contribution in [0.5, 0.6) is 5.75 Å². The van der Waals surface area contributed by atoms with Gasteiger partial charge in [-0.05, 0) is 25.8 Å². The summed E-state index contributed by atoms with van der Waals surface area (Å²) in [5.41, 5.74) is -2.67. The number of halogens is 3. The van der Waals surface area contributed by atoms with Crippen molar-refractivity contribution in [3.8, 4) is 5.75 Å². The Morgan fingerprint density at radius 2 is 2.11 bits per heavy atom.